The molecule has 4 saturated heterocycles. The Labute approximate surface area is 366 Å². The van der Waals surface area contributed by atoms with Gasteiger partial charge in [0.25, 0.3) is 5.79 Å². The number of phenolic OH excluding ortho intramolecular Hbond substituents is 1. The molecule has 0 saturated carbocycles. The number of aromatic hydroxyl groups is 1. The number of cyclic esters (lactones) is 1. The molecular weight excluding hydrogens is 880 g/mol. The van der Waals surface area contributed by atoms with Gasteiger partial charge in [-0.3, -0.25) is 0 Å². The lowest BCUT2D eigenvalue weighted by Gasteiger charge is -2.41. The summed E-state index contributed by atoms with van der Waals surface area (Å²) >= 11 is 0. The third-order valence-corrected chi connectivity index (χ3v) is 12.0. The zero-order valence-corrected chi connectivity index (χ0v) is 34.3. The van der Waals surface area contributed by atoms with Crippen molar-refractivity contribution >= 4 is 16.7 Å². The van der Waals surface area contributed by atoms with Crippen molar-refractivity contribution in [1.82, 2.24) is 0 Å². The molecule has 6 aliphatic rings. The molecule has 25 nitrogen and oxygen atoms in total. The maximum atomic E-state index is 13.7. The zero-order chi connectivity index (χ0) is 46.1. The fraction of sp³-hybridized carbons (Fsp3) is 0.575. The largest absolute Gasteiger partial charge is 0.507 e. The number of rotatable bonds is 13. The summed E-state index contributed by atoms with van der Waals surface area (Å²) < 4.78 is 74.1. The molecule has 356 valence electrons. The Bertz CT molecular complexity index is 2280. The van der Waals surface area contributed by atoms with Crippen molar-refractivity contribution in [3.05, 3.63) is 35.4 Å². The van der Waals surface area contributed by atoms with Crippen molar-refractivity contribution in [2.45, 2.75) is 92.0 Å². The molecule has 65 heavy (non-hydrogen) atoms. The second kappa shape index (κ2) is 17.6. The zero-order valence-electron chi connectivity index (χ0n) is 34.3. The Balaban J connectivity index is 1.07. The number of aliphatic hydroxyl groups excluding tert-OH is 6. The molecule has 4 fully saturated rings. The van der Waals surface area contributed by atoms with Gasteiger partial charge in [0.15, 0.2) is 54.1 Å². The molecular formula is C40H46O25. The Kier molecular flexibility index (Phi) is 12.4. The van der Waals surface area contributed by atoms with Gasteiger partial charge in [-0.15, -0.1) is 0 Å². The fourth-order valence-corrected chi connectivity index (χ4v) is 8.39. The molecule has 9 rings (SSSR count). The van der Waals surface area contributed by atoms with Gasteiger partial charge in [-0.1, -0.05) is 0 Å². The number of hydrogen-bond donors (Lipinski definition) is 10. The molecule has 25 heteroatoms. The summed E-state index contributed by atoms with van der Waals surface area (Å²) in [6.07, 6.45) is -20.6. The molecule has 6 heterocycles. The average molecular weight is 927 g/mol. The van der Waals surface area contributed by atoms with Gasteiger partial charge in [-0.25, -0.2) is 10.1 Å². The van der Waals surface area contributed by atoms with Gasteiger partial charge >= 0.3 is 5.97 Å². The Hall–Kier alpha value is -4.49. The first kappa shape index (κ1) is 45.7. The molecule has 0 spiro atoms. The SMILES string of the molecule is COc1cc2c(OC3OCC(O)(COC4OCC(O)C(O)C4O)C3OC3OCC(OC4OCC(O)(OO)C4O)C(O)C3O)c3c(c(-c4cc5c(cc4O)OCO5)c2cc1OC)C(=O)OC3. The van der Waals surface area contributed by atoms with Gasteiger partial charge in [-0.05, 0) is 23.6 Å². The number of esters is 1. The van der Waals surface area contributed by atoms with Crippen LogP contribution in [-0.2, 0) is 49.4 Å². The molecule has 0 bridgehead atoms. The van der Waals surface area contributed by atoms with Crippen LogP contribution in [-0.4, -0.2) is 197 Å². The van der Waals surface area contributed by atoms with E-state index >= 15 is 0 Å². The van der Waals surface area contributed by atoms with Crippen LogP contribution in [0.2, 0.25) is 0 Å². The second-order valence-corrected chi connectivity index (χ2v) is 16.0. The van der Waals surface area contributed by atoms with E-state index in [0.29, 0.717) is 0 Å². The quantitative estimate of drug-likeness (QED) is 0.0361. The number of fused-ring (bicyclic) bond motifs is 3. The molecule has 0 amide bonds. The summed E-state index contributed by atoms with van der Waals surface area (Å²) in [6, 6.07) is 5.91. The maximum absolute atomic E-state index is 13.7. The lowest BCUT2D eigenvalue weighted by atomic mass is 9.88. The van der Waals surface area contributed by atoms with Gasteiger partial charge in [0.1, 0.15) is 66.9 Å². The molecule has 14 atom stereocenters. The van der Waals surface area contributed by atoms with E-state index in [1.165, 1.54) is 32.4 Å². The number of carbonyl (C=O) groups is 1. The Morgan fingerprint density at radius 1 is 0.723 bits per heavy atom. The van der Waals surface area contributed by atoms with Crippen LogP contribution in [0.5, 0.6) is 34.5 Å². The molecule has 0 aliphatic carbocycles. The molecule has 3 aromatic rings. The highest BCUT2D eigenvalue weighted by molar-refractivity contribution is 6.14. The van der Waals surface area contributed by atoms with Crippen molar-refractivity contribution in [3.8, 4) is 45.6 Å². The Morgan fingerprint density at radius 3 is 2.11 bits per heavy atom. The lowest BCUT2D eigenvalue weighted by molar-refractivity contribution is -0.408. The summed E-state index contributed by atoms with van der Waals surface area (Å²) in [5, 5.41) is 107. The first-order valence-electron chi connectivity index (χ1n) is 20.1. The van der Waals surface area contributed by atoms with Gasteiger partial charge < -0.3 is 108 Å². The molecule has 0 aromatic heterocycles. The number of ether oxygens (including phenoxy) is 13. The number of aliphatic hydroxyl groups is 8. The summed E-state index contributed by atoms with van der Waals surface area (Å²) in [6.45, 7) is -3.60. The van der Waals surface area contributed by atoms with Crippen LogP contribution >= 0.6 is 0 Å². The minimum Gasteiger partial charge on any atom is -0.507 e. The third-order valence-electron chi connectivity index (χ3n) is 12.0. The van der Waals surface area contributed by atoms with E-state index in [2.05, 4.69) is 4.89 Å². The summed E-state index contributed by atoms with van der Waals surface area (Å²) in [5.41, 5.74) is -1.83. The lowest BCUT2D eigenvalue weighted by Crippen LogP contribution is -2.60. The van der Waals surface area contributed by atoms with Crippen LogP contribution in [0.25, 0.3) is 21.9 Å². The van der Waals surface area contributed by atoms with Crippen LogP contribution in [0.15, 0.2) is 24.3 Å². The van der Waals surface area contributed by atoms with E-state index in [1.54, 1.807) is 6.07 Å². The van der Waals surface area contributed by atoms with Crippen molar-refractivity contribution < 1.29 is 122 Å². The van der Waals surface area contributed by atoms with E-state index in [4.69, 9.17) is 66.8 Å². The first-order valence-corrected chi connectivity index (χ1v) is 20.1. The average Bonchev–Trinajstić information content (AvgIpc) is 4.07. The van der Waals surface area contributed by atoms with Crippen LogP contribution in [0.4, 0.5) is 0 Å². The van der Waals surface area contributed by atoms with E-state index in [-0.39, 0.29) is 80.9 Å². The third kappa shape index (κ3) is 7.93. The van der Waals surface area contributed by atoms with E-state index in [9.17, 15) is 50.8 Å². The molecule has 14 unspecified atom stereocenters. The minimum atomic E-state index is -2.55. The number of benzene rings is 3. The standard InChI is InChI=1S/C40H46O25/c1-52-20-3-14-15(4-21(20)53-2)31(17-7-54-34(48)26(17)25(14)16-5-22-23(6-18(16)41)61-13-60-22)63-38-33(39(49,11-58-38)10-57-35-29(45)27(43)19(42)8-55-35)64-36-30(46)28(44)24(9-56-36)62-37-32(47)40(50,65-51)12-59-37/h3-6,19,24,27-30,32-33,35-38,41-47,49-51H,7-13H2,1-2H3. The predicted molar refractivity (Wildman–Crippen MR) is 204 cm³/mol. The minimum absolute atomic E-state index is 0.0346. The van der Waals surface area contributed by atoms with Gasteiger partial charge in [0.05, 0.1) is 46.2 Å². The van der Waals surface area contributed by atoms with E-state index in [1.807, 2.05) is 0 Å². The van der Waals surface area contributed by atoms with Crippen molar-refractivity contribution in [2.24, 2.45) is 0 Å². The van der Waals surface area contributed by atoms with Crippen molar-refractivity contribution in [1.29, 1.82) is 0 Å². The van der Waals surface area contributed by atoms with Crippen LogP contribution in [0, 0.1) is 0 Å². The molecule has 0 radical (unpaired) electrons. The van der Waals surface area contributed by atoms with Gasteiger partial charge in [0.2, 0.25) is 13.1 Å². The molecule has 6 aliphatic heterocycles. The summed E-state index contributed by atoms with van der Waals surface area (Å²) in [4.78, 5) is 17.7. The van der Waals surface area contributed by atoms with Gasteiger partial charge in [0, 0.05) is 28.1 Å². The molecule has 10 N–H and O–H groups in total. The summed E-state index contributed by atoms with van der Waals surface area (Å²) in [7, 11) is 2.78. The van der Waals surface area contributed by atoms with E-state index in [0.717, 1.165) is 0 Å². The topological polar surface area (TPSA) is 349 Å². The number of carbonyl (C=O) groups excluding carboxylic acids is 1. The van der Waals surface area contributed by atoms with Crippen LogP contribution in [0.3, 0.4) is 0 Å². The predicted octanol–water partition coefficient (Wildman–Crippen LogP) is -2.71. The number of phenols is 1. The fourth-order valence-electron chi connectivity index (χ4n) is 8.39. The van der Waals surface area contributed by atoms with Crippen molar-refractivity contribution in [3.63, 3.8) is 0 Å². The number of methoxy groups -OCH3 is 2. The van der Waals surface area contributed by atoms with E-state index < -0.39 is 124 Å². The maximum Gasteiger partial charge on any atom is 0.339 e. The smallest absolute Gasteiger partial charge is 0.339 e. The van der Waals surface area contributed by atoms with Crippen LogP contribution in [0.1, 0.15) is 15.9 Å². The highest BCUT2D eigenvalue weighted by atomic mass is 17.1. The van der Waals surface area contributed by atoms with Gasteiger partial charge in [-0.2, -0.15) is 4.89 Å². The highest BCUT2D eigenvalue weighted by Crippen LogP contribution is 2.52. The number of hydrogen-bond acceptors (Lipinski definition) is 25. The molecule has 3 aromatic carbocycles. The highest BCUT2D eigenvalue weighted by Gasteiger charge is 2.57. The van der Waals surface area contributed by atoms with Crippen molar-refractivity contribution in [2.75, 3.05) is 54.0 Å². The first-order chi connectivity index (χ1) is 31.1. The summed E-state index contributed by atoms with van der Waals surface area (Å²) in [5.74, 6) is -2.72. The van der Waals surface area contributed by atoms with Crippen LogP contribution < -0.4 is 23.7 Å². The monoisotopic (exact) mass is 926 g/mol. The normalized spacial score (nSPS) is 36.5. The Morgan fingerprint density at radius 2 is 1.40 bits per heavy atom. The second-order valence-electron chi connectivity index (χ2n) is 16.0.